The van der Waals surface area contributed by atoms with Crippen LogP contribution in [0.5, 0.6) is 0 Å². The fraction of sp³-hybridized carbons (Fsp3) is 0.318. The van der Waals surface area contributed by atoms with Crippen LogP contribution in [0.2, 0.25) is 0 Å². The number of nitrogens with two attached hydrogens (primary N) is 1. The van der Waals surface area contributed by atoms with E-state index in [1.165, 1.54) is 7.11 Å². The molecule has 2 rings (SSSR count). The lowest BCUT2D eigenvalue weighted by molar-refractivity contribution is 0.0502. The second-order valence-corrected chi connectivity index (χ2v) is 7.49. The van der Waals surface area contributed by atoms with Gasteiger partial charge in [-0.2, -0.15) is 0 Å². The van der Waals surface area contributed by atoms with Crippen LogP contribution in [-0.4, -0.2) is 29.8 Å². The number of alkyl carbamates (subject to hydrolysis) is 1. The number of nitrogens with one attached hydrogen (secondary N) is 1. The number of ether oxygens (including phenoxy) is 2. The molecule has 0 fully saturated rings. The van der Waals surface area contributed by atoms with Gasteiger partial charge in [0.2, 0.25) is 0 Å². The molecule has 1 heterocycles. The van der Waals surface area contributed by atoms with Gasteiger partial charge in [0.25, 0.3) is 0 Å². The zero-order valence-corrected chi connectivity index (χ0v) is 17.2. The Kier molecular flexibility index (Phi) is 6.98. The highest BCUT2D eigenvalue weighted by Gasteiger charge is 2.21. The molecule has 0 spiro atoms. The topological polar surface area (TPSA) is 104 Å². The lowest BCUT2D eigenvalue weighted by Gasteiger charge is -2.23. The summed E-state index contributed by atoms with van der Waals surface area (Å²) in [7, 11) is 1.32. The summed E-state index contributed by atoms with van der Waals surface area (Å²) < 4.78 is 10.1. The molecule has 0 radical (unpaired) electrons. The molecule has 29 heavy (non-hydrogen) atoms. The van der Waals surface area contributed by atoms with Crippen LogP contribution in [0, 0.1) is 0 Å². The Morgan fingerprint density at radius 2 is 2.00 bits per heavy atom. The van der Waals surface area contributed by atoms with E-state index in [2.05, 4.69) is 16.9 Å². The normalized spacial score (nSPS) is 12.0. The minimum atomic E-state index is -0.610. The molecule has 1 aromatic heterocycles. The molecule has 1 amide bonds. The molecule has 3 N–H and O–H groups in total. The summed E-state index contributed by atoms with van der Waals surface area (Å²) in [5.41, 5.74) is 8.47. The van der Waals surface area contributed by atoms with E-state index in [4.69, 9.17) is 15.2 Å². The van der Waals surface area contributed by atoms with Crippen molar-refractivity contribution in [2.75, 3.05) is 12.8 Å². The molecular formula is C22H27N3O4. The van der Waals surface area contributed by atoms with E-state index < -0.39 is 23.7 Å². The average molecular weight is 397 g/mol. The van der Waals surface area contributed by atoms with Crippen LogP contribution in [0.4, 0.5) is 10.5 Å². The summed E-state index contributed by atoms with van der Waals surface area (Å²) in [4.78, 5) is 28.5. The van der Waals surface area contributed by atoms with Gasteiger partial charge < -0.3 is 20.5 Å². The first-order chi connectivity index (χ1) is 13.6. The molecule has 0 aliphatic rings. The molecular weight excluding hydrogens is 370 g/mol. The van der Waals surface area contributed by atoms with Gasteiger partial charge in [0.1, 0.15) is 5.60 Å². The molecule has 154 valence electrons. The Hall–Kier alpha value is -3.35. The molecule has 1 unspecified atom stereocenters. The van der Waals surface area contributed by atoms with Crippen molar-refractivity contribution in [1.29, 1.82) is 0 Å². The van der Waals surface area contributed by atoms with Gasteiger partial charge in [0, 0.05) is 17.4 Å². The predicted octanol–water partition coefficient (Wildman–Crippen LogP) is 4.26. The first-order valence-corrected chi connectivity index (χ1v) is 9.19. The van der Waals surface area contributed by atoms with E-state index in [9.17, 15) is 9.59 Å². The van der Waals surface area contributed by atoms with Crippen molar-refractivity contribution >= 4 is 17.7 Å². The number of aromatic nitrogens is 1. The third-order valence-corrected chi connectivity index (χ3v) is 4.02. The molecule has 0 saturated heterocycles. The van der Waals surface area contributed by atoms with Crippen molar-refractivity contribution in [3.05, 3.63) is 60.4 Å². The summed E-state index contributed by atoms with van der Waals surface area (Å²) in [6, 6.07) is 8.11. The molecule has 2 aromatic rings. The van der Waals surface area contributed by atoms with E-state index in [0.29, 0.717) is 28.9 Å². The summed E-state index contributed by atoms with van der Waals surface area (Å²) >= 11 is 0. The van der Waals surface area contributed by atoms with E-state index in [1.807, 2.05) is 6.07 Å². The number of rotatable bonds is 6. The highest BCUT2D eigenvalue weighted by Crippen LogP contribution is 2.29. The van der Waals surface area contributed by atoms with Crippen molar-refractivity contribution < 1.29 is 19.1 Å². The Labute approximate surface area is 170 Å². The largest absolute Gasteiger partial charge is 0.465 e. The minimum Gasteiger partial charge on any atom is -0.465 e. The van der Waals surface area contributed by atoms with Crippen molar-refractivity contribution in [2.45, 2.75) is 38.8 Å². The molecule has 0 aliphatic carbocycles. The fourth-order valence-corrected chi connectivity index (χ4v) is 2.73. The Morgan fingerprint density at radius 1 is 1.28 bits per heavy atom. The number of benzene rings is 1. The number of amides is 1. The molecule has 0 bridgehead atoms. The van der Waals surface area contributed by atoms with Gasteiger partial charge in [0.05, 0.1) is 24.4 Å². The predicted molar refractivity (Wildman–Crippen MR) is 112 cm³/mol. The molecule has 0 saturated carbocycles. The second-order valence-electron chi connectivity index (χ2n) is 7.49. The van der Waals surface area contributed by atoms with Gasteiger partial charge in [-0.3, -0.25) is 4.98 Å². The number of esters is 1. The van der Waals surface area contributed by atoms with Crippen LogP contribution in [0.15, 0.2) is 49.2 Å². The van der Waals surface area contributed by atoms with Crippen LogP contribution < -0.4 is 11.1 Å². The maximum atomic E-state index is 12.2. The minimum absolute atomic E-state index is 0.393. The maximum Gasteiger partial charge on any atom is 0.408 e. The first kappa shape index (κ1) is 21.9. The average Bonchev–Trinajstić information content (AvgIpc) is 2.66. The number of pyridine rings is 1. The molecule has 7 heteroatoms. The third-order valence-electron chi connectivity index (χ3n) is 4.02. The van der Waals surface area contributed by atoms with Gasteiger partial charge in [-0.1, -0.05) is 6.08 Å². The number of carbonyl (C=O) groups is 2. The van der Waals surface area contributed by atoms with Gasteiger partial charge >= 0.3 is 12.1 Å². The van der Waals surface area contributed by atoms with Crippen molar-refractivity contribution in [3.8, 4) is 11.1 Å². The standard InChI is InChI=1S/C22H27N3O4/c1-6-7-18(25-21(27)29-22(2,3)4)19-13-14(10-11-24-19)16-12-15(20(26)28-5)8-9-17(16)23/h6,8-13,18H,1,7,23H2,2-5H3,(H,25,27). The summed E-state index contributed by atoms with van der Waals surface area (Å²) in [5, 5.41) is 2.82. The van der Waals surface area contributed by atoms with Crippen molar-refractivity contribution in [1.82, 2.24) is 10.3 Å². The summed E-state index contributed by atoms with van der Waals surface area (Å²) in [6.07, 6.45) is 3.25. The fourth-order valence-electron chi connectivity index (χ4n) is 2.73. The lowest BCUT2D eigenvalue weighted by atomic mass is 9.99. The zero-order chi connectivity index (χ0) is 21.6. The number of hydrogen-bond acceptors (Lipinski definition) is 6. The Balaban J connectivity index is 2.37. The summed E-state index contributed by atoms with van der Waals surface area (Å²) in [5.74, 6) is -0.448. The summed E-state index contributed by atoms with van der Waals surface area (Å²) in [6.45, 7) is 9.14. The smallest absolute Gasteiger partial charge is 0.408 e. The van der Waals surface area contributed by atoms with Gasteiger partial charge in [-0.15, -0.1) is 6.58 Å². The Morgan fingerprint density at radius 3 is 2.62 bits per heavy atom. The van der Waals surface area contributed by atoms with Gasteiger partial charge in [-0.05, 0) is 63.1 Å². The molecule has 0 aliphatic heterocycles. The number of nitrogen functional groups attached to an aromatic ring is 1. The van der Waals surface area contributed by atoms with E-state index in [-0.39, 0.29) is 0 Å². The van der Waals surface area contributed by atoms with Crippen LogP contribution >= 0.6 is 0 Å². The SMILES string of the molecule is C=CCC(NC(=O)OC(C)(C)C)c1cc(-c2cc(C(=O)OC)ccc2N)ccn1. The van der Waals surface area contributed by atoms with E-state index in [1.54, 1.807) is 57.3 Å². The molecule has 7 nitrogen and oxygen atoms in total. The number of carbonyl (C=O) groups excluding carboxylic acids is 2. The first-order valence-electron chi connectivity index (χ1n) is 9.19. The number of nitrogens with zero attached hydrogens (tertiary/aromatic N) is 1. The monoisotopic (exact) mass is 397 g/mol. The molecule has 1 aromatic carbocycles. The molecule has 1 atom stereocenters. The van der Waals surface area contributed by atoms with Crippen molar-refractivity contribution in [2.24, 2.45) is 0 Å². The number of anilines is 1. The van der Waals surface area contributed by atoms with E-state index >= 15 is 0 Å². The maximum absolute atomic E-state index is 12.2. The highest BCUT2D eigenvalue weighted by molar-refractivity contribution is 5.93. The third kappa shape index (κ3) is 6.07. The lowest BCUT2D eigenvalue weighted by Crippen LogP contribution is -2.35. The number of hydrogen-bond donors (Lipinski definition) is 2. The van der Waals surface area contributed by atoms with Gasteiger partial charge in [-0.25, -0.2) is 9.59 Å². The van der Waals surface area contributed by atoms with Gasteiger partial charge in [0.15, 0.2) is 0 Å². The van der Waals surface area contributed by atoms with E-state index in [0.717, 1.165) is 5.56 Å². The quantitative estimate of drug-likeness (QED) is 0.429. The highest BCUT2D eigenvalue weighted by atomic mass is 16.6. The second kappa shape index (κ2) is 9.23. The van der Waals surface area contributed by atoms with Crippen molar-refractivity contribution in [3.63, 3.8) is 0 Å². The zero-order valence-electron chi connectivity index (χ0n) is 17.2. The van der Waals surface area contributed by atoms with Crippen LogP contribution in [-0.2, 0) is 9.47 Å². The van der Waals surface area contributed by atoms with Crippen LogP contribution in [0.1, 0.15) is 49.3 Å². The number of methoxy groups -OCH3 is 1. The van der Waals surface area contributed by atoms with Crippen LogP contribution in [0.25, 0.3) is 11.1 Å². The Bertz CT molecular complexity index is 903. The van der Waals surface area contributed by atoms with Crippen LogP contribution in [0.3, 0.4) is 0 Å².